The molecule has 0 heterocycles. The van der Waals surface area contributed by atoms with Crippen molar-refractivity contribution in [1.82, 2.24) is 9.80 Å². The van der Waals surface area contributed by atoms with Gasteiger partial charge >= 0.3 is 11.8 Å². The van der Waals surface area contributed by atoms with E-state index >= 15 is 0 Å². The standard InChI is InChI=1S/C13H26N2O2/c1-5-8-11-14(4)12(16)13(17)15(9-6-2)10-7-3/h5-11H2,1-4H3. The van der Waals surface area contributed by atoms with Crippen LogP contribution in [0.25, 0.3) is 0 Å². The molecule has 0 rings (SSSR count). The molecule has 0 spiro atoms. The van der Waals surface area contributed by atoms with Crippen molar-refractivity contribution < 1.29 is 9.59 Å². The predicted octanol–water partition coefficient (Wildman–Crippen LogP) is 1.89. The molecule has 0 saturated carbocycles. The van der Waals surface area contributed by atoms with Crippen LogP contribution in [0, 0.1) is 0 Å². The molecular formula is C13H26N2O2. The Morgan fingerprint density at radius 2 is 1.35 bits per heavy atom. The summed E-state index contributed by atoms with van der Waals surface area (Å²) in [4.78, 5) is 27.0. The molecule has 17 heavy (non-hydrogen) atoms. The number of carbonyl (C=O) groups is 2. The van der Waals surface area contributed by atoms with E-state index in [1.54, 1.807) is 11.9 Å². The van der Waals surface area contributed by atoms with E-state index in [2.05, 4.69) is 6.92 Å². The maximum absolute atomic E-state index is 12.0. The van der Waals surface area contributed by atoms with Crippen LogP contribution in [-0.2, 0) is 9.59 Å². The largest absolute Gasteiger partial charge is 0.338 e. The highest BCUT2D eigenvalue weighted by molar-refractivity contribution is 6.34. The Kier molecular flexibility index (Phi) is 8.46. The number of hydrogen-bond donors (Lipinski definition) is 0. The summed E-state index contributed by atoms with van der Waals surface area (Å²) >= 11 is 0. The van der Waals surface area contributed by atoms with Crippen LogP contribution in [0.3, 0.4) is 0 Å². The Balaban J connectivity index is 4.37. The Bertz CT molecular complexity index is 236. The van der Waals surface area contributed by atoms with Crippen molar-refractivity contribution in [3.8, 4) is 0 Å². The van der Waals surface area contributed by atoms with Gasteiger partial charge in [0.1, 0.15) is 0 Å². The van der Waals surface area contributed by atoms with Gasteiger partial charge in [0.05, 0.1) is 0 Å². The molecule has 0 aromatic carbocycles. The number of likely N-dealkylation sites (N-methyl/N-ethyl adjacent to an activating group) is 1. The molecule has 4 nitrogen and oxygen atoms in total. The zero-order valence-corrected chi connectivity index (χ0v) is 11.7. The van der Waals surface area contributed by atoms with Crippen LogP contribution in [0.4, 0.5) is 0 Å². The molecule has 0 fully saturated rings. The molecule has 0 aromatic rings. The van der Waals surface area contributed by atoms with Gasteiger partial charge in [-0.05, 0) is 19.3 Å². The molecule has 0 bridgehead atoms. The first-order chi connectivity index (χ1) is 8.08. The summed E-state index contributed by atoms with van der Waals surface area (Å²) in [7, 11) is 1.70. The van der Waals surface area contributed by atoms with E-state index in [4.69, 9.17) is 0 Å². The van der Waals surface area contributed by atoms with Gasteiger partial charge in [-0.2, -0.15) is 0 Å². The lowest BCUT2D eigenvalue weighted by atomic mass is 10.3. The molecule has 0 N–H and O–H groups in total. The number of unbranched alkanes of at least 4 members (excludes halogenated alkanes) is 1. The predicted molar refractivity (Wildman–Crippen MR) is 69.7 cm³/mol. The summed E-state index contributed by atoms with van der Waals surface area (Å²) in [5.41, 5.74) is 0. The molecule has 0 radical (unpaired) electrons. The van der Waals surface area contributed by atoms with E-state index in [1.165, 1.54) is 4.90 Å². The third kappa shape index (κ3) is 5.71. The monoisotopic (exact) mass is 242 g/mol. The van der Waals surface area contributed by atoms with Crippen LogP contribution in [0.1, 0.15) is 46.5 Å². The Labute approximate surface area is 105 Å². The summed E-state index contributed by atoms with van der Waals surface area (Å²) in [5, 5.41) is 0. The van der Waals surface area contributed by atoms with Crippen molar-refractivity contribution >= 4 is 11.8 Å². The van der Waals surface area contributed by atoms with Crippen molar-refractivity contribution in [2.24, 2.45) is 0 Å². The minimum atomic E-state index is -0.375. The molecule has 0 unspecified atom stereocenters. The normalized spacial score (nSPS) is 10.1. The molecule has 0 saturated heterocycles. The van der Waals surface area contributed by atoms with Gasteiger partial charge in [0.15, 0.2) is 0 Å². The molecule has 4 heteroatoms. The van der Waals surface area contributed by atoms with Gasteiger partial charge in [-0.15, -0.1) is 0 Å². The Morgan fingerprint density at radius 3 is 1.76 bits per heavy atom. The van der Waals surface area contributed by atoms with Crippen molar-refractivity contribution in [1.29, 1.82) is 0 Å². The van der Waals surface area contributed by atoms with Crippen LogP contribution < -0.4 is 0 Å². The number of hydrogen-bond acceptors (Lipinski definition) is 2. The maximum Gasteiger partial charge on any atom is 0.312 e. The molecule has 0 aliphatic carbocycles. The number of rotatable bonds is 7. The summed E-state index contributed by atoms with van der Waals surface area (Å²) < 4.78 is 0. The van der Waals surface area contributed by atoms with Crippen molar-refractivity contribution in [2.45, 2.75) is 46.5 Å². The minimum absolute atomic E-state index is 0.354. The smallest absolute Gasteiger partial charge is 0.312 e. The topological polar surface area (TPSA) is 40.6 Å². The minimum Gasteiger partial charge on any atom is -0.338 e. The summed E-state index contributed by atoms with van der Waals surface area (Å²) in [6.45, 7) is 8.09. The Hall–Kier alpha value is -1.06. The summed E-state index contributed by atoms with van der Waals surface area (Å²) in [5.74, 6) is -0.729. The van der Waals surface area contributed by atoms with E-state index < -0.39 is 0 Å². The van der Waals surface area contributed by atoms with Crippen molar-refractivity contribution in [3.63, 3.8) is 0 Å². The van der Waals surface area contributed by atoms with Gasteiger partial charge in [-0.3, -0.25) is 9.59 Å². The second-order valence-corrected chi connectivity index (χ2v) is 4.37. The molecule has 2 amide bonds. The quantitative estimate of drug-likeness (QED) is 0.640. The van der Waals surface area contributed by atoms with Crippen molar-refractivity contribution in [2.75, 3.05) is 26.7 Å². The lowest BCUT2D eigenvalue weighted by Gasteiger charge is -2.24. The van der Waals surface area contributed by atoms with Gasteiger partial charge < -0.3 is 9.80 Å². The third-order valence-corrected chi connectivity index (χ3v) is 2.65. The van der Waals surface area contributed by atoms with Crippen LogP contribution in [0.2, 0.25) is 0 Å². The lowest BCUT2D eigenvalue weighted by Crippen LogP contribution is -2.44. The van der Waals surface area contributed by atoms with Gasteiger partial charge in [-0.25, -0.2) is 0 Å². The van der Waals surface area contributed by atoms with Crippen LogP contribution in [-0.4, -0.2) is 48.3 Å². The molecule has 0 atom stereocenters. The second kappa shape index (κ2) is 9.02. The zero-order chi connectivity index (χ0) is 13.3. The molecule has 0 aliphatic rings. The fourth-order valence-corrected chi connectivity index (χ4v) is 1.65. The first-order valence-electron chi connectivity index (χ1n) is 6.62. The number of carbonyl (C=O) groups excluding carboxylic acids is 2. The summed E-state index contributed by atoms with van der Waals surface area (Å²) in [6.07, 6.45) is 3.74. The van der Waals surface area contributed by atoms with E-state index in [0.29, 0.717) is 19.6 Å². The zero-order valence-electron chi connectivity index (χ0n) is 11.7. The van der Waals surface area contributed by atoms with Crippen LogP contribution in [0.15, 0.2) is 0 Å². The average molecular weight is 242 g/mol. The first-order valence-corrected chi connectivity index (χ1v) is 6.62. The third-order valence-electron chi connectivity index (χ3n) is 2.65. The summed E-state index contributed by atoms with van der Waals surface area (Å²) in [6, 6.07) is 0. The van der Waals surface area contributed by atoms with E-state index in [-0.39, 0.29) is 11.8 Å². The van der Waals surface area contributed by atoms with Gasteiger partial charge in [-0.1, -0.05) is 27.2 Å². The lowest BCUT2D eigenvalue weighted by molar-refractivity contribution is -0.151. The molecular weight excluding hydrogens is 216 g/mol. The fourth-order valence-electron chi connectivity index (χ4n) is 1.65. The maximum atomic E-state index is 12.0. The number of amides is 2. The SMILES string of the molecule is CCCCN(C)C(=O)C(=O)N(CCC)CCC. The molecule has 0 aromatic heterocycles. The van der Waals surface area contributed by atoms with E-state index in [1.807, 2.05) is 13.8 Å². The van der Waals surface area contributed by atoms with Crippen LogP contribution >= 0.6 is 0 Å². The highest BCUT2D eigenvalue weighted by atomic mass is 16.2. The van der Waals surface area contributed by atoms with Gasteiger partial charge in [0.25, 0.3) is 0 Å². The van der Waals surface area contributed by atoms with Crippen LogP contribution in [0.5, 0.6) is 0 Å². The first kappa shape index (κ1) is 15.9. The van der Waals surface area contributed by atoms with Crippen molar-refractivity contribution in [3.05, 3.63) is 0 Å². The highest BCUT2D eigenvalue weighted by Crippen LogP contribution is 2.00. The fraction of sp³-hybridized carbons (Fsp3) is 0.846. The highest BCUT2D eigenvalue weighted by Gasteiger charge is 2.23. The van der Waals surface area contributed by atoms with Gasteiger partial charge in [0, 0.05) is 26.7 Å². The molecule has 100 valence electrons. The Morgan fingerprint density at radius 1 is 0.824 bits per heavy atom. The van der Waals surface area contributed by atoms with Gasteiger partial charge in [0.2, 0.25) is 0 Å². The second-order valence-electron chi connectivity index (χ2n) is 4.37. The molecule has 0 aliphatic heterocycles. The average Bonchev–Trinajstić information content (AvgIpc) is 2.33. The van der Waals surface area contributed by atoms with E-state index in [9.17, 15) is 9.59 Å². The van der Waals surface area contributed by atoms with E-state index in [0.717, 1.165) is 25.7 Å². The number of nitrogens with zero attached hydrogens (tertiary/aromatic N) is 2.